The molecule has 5 heteroatoms. The average molecular weight is 340 g/mol. The first-order valence-corrected chi connectivity index (χ1v) is 8.25. The number of fused-ring (bicyclic) bond motifs is 2. The van der Waals surface area contributed by atoms with Crippen LogP contribution in [0.25, 0.3) is 0 Å². The lowest BCUT2D eigenvalue weighted by molar-refractivity contribution is 0.0508. The molecule has 0 aliphatic heterocycles. The van der Waals surface area contributed by atoms with E-state index in [0.29, 0.717) is 10.9 Å². The molecule has 2 aliphatic rings. The summed E-state index contributed by atoms with van der Waals surface area (Å²) in [5.74, 6) is 0.0763. The van der Waals surface area contributed by atoms with Crippen LogP contribution in [0.1, 0.15) is 50.4 Å². The number of rotatable bonds is 2. The molecule has 1 aromatic rings. The normalized spacial score (nSPS) is 30.8. The molecule has 0 unspecified atom stereocenters. The van der Waals surface area contributed by atoms with Crippen LogP contribution in [-0.4, -0.2) is 11.7 Å². The number of benzene rings is 1. The topological polar surface area (TPSA) is 38.7 Å². The number of hydrogen-bond acceptors (Lipinski definition) is 3. The summed E-state index contributed by atoms with van der Waals surface area (Å²) < 4.78 is 0. The van der Waals surface area contributed by atoms with Crippen molar-refractivity contribution in [2.24, 2.45) is 21.9 Å². The van der Waals surface area contributed by atoms with E-state index in [1.807, 2.05) is 0 Å². The average Bonchev–Trinajstić information content (AvgIpc) is 2.77. The molecule has 0 heterocycles. The van der Waals surface area contributed by atoms with Crippen molar-refractivity contribution in [2.45, 2.75) is 40.0 Å². The van der Waals surface area contributed by atoms with Crippen LogP contribution in [-0.2, 0) is 4.84 Å². The van der Waals surface area contributed by atoms with Crippen LogP contribution in [0.2, 0.25) is 10.0 Å². The summed E-state index contributed by atoms with van der Waals surface area (Å²) in [4.78, 5) is 17.3. The predicted molar refractivity (Wildman–Crippen MR) is 88.5 cm³/mol. The molecule has 2 fully saturated rings. The molecule has 2 aliphatic carbocycles. The van der Waals surface area contributed by atoms with E-state index in [1.165, 1.54) is 12.5 Å². The van der Waals surface area contributed by atoms with Gasteiger partial charge in [-0.05, 0) is 48.8 Å². The molecule has 2 saturated carbocycles. The summed E-state index contributed by atoms with van der Waals surface area (Å²) in [5, 5.41) is 4.95. The van der Waals surface area contributed by atoms with Gasteiger partial charge in [0.05, 0.1) is 16.3 Å². The molecule has 3 nitrogen and oxygen atoms in total. The SMILES string of the molecule is CC1(C)[C@@H]2CC[C@@]1(C)/C(=N/OC(=O)c1ccc(Cl)cc1Cl)C2. The Morgan fingerprint density at radius 3 is 2.59 bits per heavy atom. The summed E-state index contributed by atoms with van der Waals surface area (Å²) in [6.45, 7) is 6.79. The molecule has 0 spiro atoms. The van der Waals surface area contributed by atoms with Crippen molar-refractivity contribution < 1.29 is 9.63 Å². The van der Waals surface area contributed by atoms with Crippen LogP contribution >= 0.6 is 23.2 Å². The molecule has 1 aromatic carbocycles. The maximum atomic E-state index is 12.1. The predicted octanol–water partition coefficient (Wildman–Crippen LogP) is 5.35. The van der Waals surface area contributed by atoms with E-state index in [9.17, 15) is 4.79 Å². The largest absolute Gasteiger partial charge is 0.367 e. The standard InChI is InChI=1S/C17H19Cl2NO2/c1-16(2)10-6-7-17(16,3)14(8-10)20-22-15(21)12-5-4-11(18)9-13(12)19/h4-5,9-10H,6-8H2,1-3H3/b20-14+/t10-,17+/m1/s1. The monoisotopic (exact) mass is 339 g/mol. The molecule has 3 rings (SSSR count). The van der Waals surface area contributed by atoms with Crippen LogP contribution in [0.15, 0.2) is 23.4 Å². The van der Waals surface area contributed by atoms with Gasteiger partial charge in [-0.1, -0.05) is 49.1 Å². The van der Waals surface area contributed by atoms with Crippen molar-refractivity contribution in [1.82, 2.24) is 0 Å². The minimum absolute atomic E-state index is 0.0156. The quantitative estimate of drug-likeness (QED) is 0.537. The van der Waals surface area contributed by atoms with Crippen molar-refractivity contribution in [3.8, 4) is 0 Å². The Morgan fingerprint density at radius 1 is 1.32 bits per heavy atom. The third-order valence-electron chi connectivity index (χ3n) is 5.90. The van der Waals surface area contributed by atoms with E-state index in [2.05, 4.69) is 25.9 Å². The van der Waals surface area contributed by atoms with Crippen molar-refractivity contribution in [3.05, 3.63) is 33.8 Å². The van der Waals surface area contributed by atoms with Gasteiger partial charge in [-0.2, -0.15) is 0 Å². The Hall–Kier alpha value is -1.06. The Kier molecular flexibility index (Phi) is 3.77. The van der Waals surface area contributed by atoms with Crippen LogP contribution in [0.4, 0.5) is 0 Å². The van der Waals surface area contributed by atoms with E-state index < -0.39 is 5.97 Å². The highest BCUT2D eigenvalue weighted by Crippen LogP contribution is 2.64. The molecule has 0 amide bonds. The van der Waals surface area contributed by atoms with Gasteiger partial charge in [0, 0.05) is 10.4 Å². The van der Waals surface area contributed by atoms with E-state index in [4.69, 9.17) is 28.0 Å². The van der Waals surface area contributed by atoms with Crippen molar-refractivity contribution >= 4 is 34.9 Å². The zero-order chi connectivity index (χ0) is 16.1. The van der Waals surface area contributed by atoms with E-state index >= 15 is 0 Å². The maximum absolute atomic E-state index is 12.1. The molecule has 0 saturated heterocycles. The van der Waals surface area contributed by atoms with Gasteiger partial charge in [0.1, 0.15) is 0 Å². The van der Waals surface area contributed by atoms with Gasteiger partial charge in [0.25, 0.3) is 0 Å². The first-order chi connectivity index (χ1) is 10.3. The second kappa shape index (κ2) is 5.24. The van der Waals surface area contributed by atoms with Crippen LogP contribution in [0, 0.1) is 16.7 Å². The number of nitrogens with zero attached hydrogens (tertiary/aromatic N) is 1. The second-order valence-corrected chi connectivity index (χ2v) is 7.88. The Labute approximate surface area is 140 Å². The summed E-state index contributed by atoms with van der Waals surface area (Å²) in [6.07, 6.45) is 3.23. The summed E-state index contributed by atoms with van der Waals surface area (Å²) in [6, 6.07) is 4.69. The number of halogens is 2. The minimum Gasteiger partial charge on any atom is -0.313 e. The highest BCUT2D eigenvalue weighted by molar-refractivity contribution is 6.36. The lowest BCUT2D eigenvalue weighted by atomic mass is 9.70. The Morgan fingerprint density at radius 2 is 2.05 bits per heavy atom. The smallest absolute Gasteiger partial charge is 0.313 e. The second-order valence-electron chi connectivity index (χ2n) is 7.03. The van der Waals surface area contributed by atoms with Gasteiger partial charge in [-0.25, -0.2) is 4.79 Å². The highest BCUT2D eigenvalue weighted by Gasteiger charge is 2.60. The van der Waals surface area contributed by atoms with E-state index in [-0.39, 0.29) is 21.4 Å². The van der Waals surface area contributed by atoms with Crippen LogP contribution in [0.5, 0.6) is 0 Å². The van der Waals surface area contributed by atoms with Crippen molar-refractivity contribution in [2.75, 3.05) is 0 Å². The summed E-state index contributed by atoms with van der Waals surface area (Å²) in [7, 11) is 0. The fourth-order valence-corrected chi connectivity index (χ4v) is 4.35. The highest BCUT2D eigenvalue weighted by atomic mass is 35.5. The van der Waals surface area contributed by atoms with Gasteiger partial charge in [0.2, 0.25) is 0 Å². The fraction of sp³-hybridized carbons (Fsp3) is 0.529. The Balaban J connectivity index is 1.79. The first-order valence-electron chi connectivity index (χ1n) is 7.49. The molecule has 2 bridgehead atoms. The van der Waals surface area contributed by atoms with Crippen molar-refractivity contribution in [3.63, 3.8) is 0 Å². The lowest BCUT2D eigenvalue weighted by Crippen LogP contribution is -2.32. The lowest BCUT2D eigenvalue weighted by Gasteiger charge is -2.34. The third-order valence-corrected chi connectivity index (χ3v) is 6.45. The van der Waals surface area contributed by atoms with Gasteiger partial charge in [-0.3, -0.25) is 0 Å². The molecule has 0 aromatic heterocycles. The Bertz CT molecular complexity index is 669. The molecular weight excluding hydrogens is 321 g/mol. The maximum Gasteiger partial charge on any atom is 0.367 e. The van der Waals surface area contributed by atoms with Crippen molar-refractivity contribution in [1.29, 1.82) is 0 Å². The molecular formula is C17H19Cl2NO2. The van der Waals surface area contributed by atoms with Gasteiger partial charge in [0.15, 0.2) is 0 Å². The van der Waals surface area contributed by atoms with Gasteiger partial charge < -0.3 is 4.84 Å². The fourth-order valence-electron chi connectivity index (χ4n) is 3.87. The molecule has 22 heavy (non-hydrogen) atoms. The molecule has 0 N–H and O–H groups in total. The summed E-state index contributed by atoms with van der Waals surface area (Å²) in [5.41, 5.74) is 1.49. The number of hydrogen-bond donors (Lipinski definition) is 0. The van der Waals surface area contributed by atoms with Gasteiger partial charge >= 0.3 is 5.97 Å². The minimum atomic E-state index is -0.543. The number of carbonyl (C=O) groups is 1. The van der Waals surface area contributed by atoms with E-state index in [0.717, 1.165) is 18.6 Å². The first kappa shape index (κ1) is 15.8. The summed E-state index contributed by atoms with van der Waals surface area (Å²) >= 11 is 11.9. The van der Waals surface area contributed by atoms with E-state index in [1.54, 1.807) is 12.1 Å². The van der Waals surface area contributed by atoms with Crippen LogP contribution < -0.4 is 0 Å². The zero-order valence-electron chi connectivity index (χ0n) is 13.0. The molecule has 2 atom stereocenters. The number of carbonyl (C=O) groups excluding carboxylic acids is 1. The third kappa shape index (κ3) is 2.26. The molecule has 118 valence electrons. The van der Waals surface area contributed by atoms with Crippen LogP contribution in [0.3, 0.4) is 0 Å². The number of oxime groups is 1. The zero-order valence-corrected chi connectivity index (χ0v) is 14.5. The molecule has 0 radical (unpaired) electrons. The van der Waals surface area contributed by atoms with Gasteiger partial charge in [-0.15, -0.1) is 0 Å².